The number of aromatic nitrogens is 2. The van der Waals surface area contributed by atoms with E-state index >= 15 is 0 Å². The van der Waals surface area contributed by atoms with E-state index in [0.717, 1.165) is 18.5 Å². The van der Waals surface area contributed by atoms with E-state index in [-0.39, 0.29) is 11.9 Å². The van der Waals surface area contributed by atoms with Gasteiger partial charge < -0.3 is 4.74 Å². The van der Waals surface area contributed by atoms with Crippen molar-refractivity contribution in [3.05, 3.63) is 18.0 Å². The van der Waals surface area contributed by atoms with Gasteiger partial charge in [-0.3, -0.25) is 9.48 Å². The lowest BCUT2D eigenvalue weighted by atomic mass is 9.97. The molecule has 4 nitrogen and oxygen atoms in total. The molecule has 1 fully saturated rings. The van der Waals surface area contributed by atoms with Gasteiger partial charge in [-0.05, 0) is 24.8 Å². The maximum atomic E-state index is 12.0. The van der Waals surface area contributed by atoms with Gasteiger partial charge in [0.25, 0.3) is 0 Å². The summed E-state index contributed by atoms with van der Waals surface area (Å²) in [6, 6.07) is 0. The van der Waals surface area contributed by atoms with Crippen molar-refractivity contribution in [3.63, 3.8) is 0 Å². The molecule has 1 aromatic rings. The predicted molar refractivity (Wildman–Crippen MR) is 60.1 cm³/mol. The minimum atomic E-state index is -0.204. The highest BCUT2D eigenvalue weighted by atomic mass is 16.5. The number of nitrogens with zero attached hydrogens (tertiary/aromatic N) is 2. The Bertz CT molecular complexity index is 373. The Morgan fingerprint density at radius 1 is 1.69 bits per heavy atom. The molecule has 2 unspecified atom stereocenters. The summed E-state index contributed by atoms with van der Waals surface area (Å²) in [4.78, 5) is 12.0. The lowest BCUT2D eigenvalue weighted by Gasteiger charge is -2.12. The molecule has 1 aromatic heterocycles. The van der Waals surface area contributed by atoms with Crippen LogP contribution in [0.5, 0.6) is 0 Å². The maximum absolute atomic E-state index is 12.0. The average molecular weight is 222 g/mol. The van der Waals surface area contributed by atoms with Gasteiger partial charge in [0, 0.05) is 25.8 Å². The molecule has 88 valence electrons. The zero-order valence-electron chi connectivity index (χ0n) is 9.85. The van der Waals surface area contributed by atoms with Gasteiger partial charge in [-0.15, -0.1) is 0 Å². The SMILES string of the molecule is CCn1cc(CC(=O)C2OCCC2C)cn1. The fourth-order valence-electron chi connectivity index (χ4n) is 2.08. The van der Waals surface area contributed by atoms with Crippen molar-refractivity contribution in [1.29, 1.82) is 0 Å². The number of hydrogen-bond acceptors (Lipinski definition) is 3. The molecule has 2 atom stereocenters. The Kier molecular flexibility index (Phi) is 3.39. The van der Waals surface area contributed by atoms with E-state index in [0.29, 0.717) is 18.9 Å². The first kappa shape index (κ1) is 11.3. The van der Waals surface area contributed by atoms with Crippen LogP contribution in [0.25, 0.3) is 0 Å². The van der Waals surface area contributed by atoms with Crippen molar-refractivity contribution in [3.8, 4) is 0 Å². The van der Waals surface area contributed by atoms with Crippen LogP contribution in [0, 0.1) is 5.92 Å². The minimum Gasteiger partial charge on any atom is -0.370 e. The van der Waals surface area contributed by atoms with Crippen LogP contribution in [-0.2, 0) is 22.5 Å². The number of Topliss-reactive ketones (excluding diaryl/α,β-unsaturated/α-hetero) is 1. The van der Waals surface area contributed by atoms with Crippen LogP contribution in [0.2, 0.25) is 0 Å². The van der Waals surface area contributed by atoms with Crippen molar-refractivity contribution >= 4 is 5.78 Å². The lowest BCUT2D eigenvalue weighted by Crippen LogP contribution is -2.26. The fraction of sp³-hybridized carbons (Fsp3) is 0.667. The Labute approximate surface area is 95.6 Å². The molecule has 0 bridgehead atoms. The number of ether oxygens (including phenoxy) is 1. The second-order valence-corrected chi connectivity index (χ2v) is 4.40. The van der Waals surface area contributed by atoms with Crippen LogP contribution in [0.1, 0.15) is 25.8 Å². The number of aryl methyl sites for hydroxylation is 1. The predicted octanol–water partition coefficient (Wildman–Crippen LogP) is 1.44. The zero-order chi connectivity index (χ0) is 11.5. The van der Waals surface area contributed by atoms with E-state index in [4.69, 9.17) is 4.74 Å². The second kappa shape index (κ2) is 4.78. The summed E-state index contributed by atoms with van der Waals surface area (Å²) in [5, 5.41) is 4.16. The summed E-state index contributed by atoms with van der Waals surface area (Å²) in [6.07, 6.45) is 4.92. The molecule has 4 heteroatoms. The summed E-state index contributed by atoms with van der Waals surface area (Å²) >= 11 is 0. The molecule has 0 N–H and O–H groups in total. The normalized spacial score (nSPS) is 24.9. The van der Waals surface area contributed by atoms with Crippen LogP contribution < -0.4 is 0 Å². The first-order valence-electron chi connectivity index (χ1n) is 5.86. The molecule has 0 saturated carbocycles. The highest BCUT2D eigenvalue weighted by molar-refractivity contribution is 5.85. The molecule has 0 spiro atoms. The first-order valence-corrected chi connectivity index (χ1v) is 5.86. The largest absolute Gasteiger partial charge is 0.370 e. The molecule has 1 saturated heterocycles. The Balaban J connectivity index is 1.96. The van der Waals surface area contributed by atoms with Crippen LogP contribution >= 0.6 is 0 Å². The first-order chi connectivity index (χ1) is 7.70. The van der Waals surface area contributed by atoms with Gasteiger partial charge in [0.2, 0.25) is 0 Å². The van der Waals surface area contributed by atoms with E-state index < -0.39 is 0 Å². The quantitative estimate of drug-likeness (QED) is 0.774. The van der Waals surface area contributed by atoms with E-state index in [1.54, 1.807) is 6.20 Å². The highest BCUT2D eigenvalue weighted by Crippen LogP contribution is 2.21. The summed E-state index contributed by atoms with van der Waals surface area (Å²) in [5.74, 6) is 0.536. The van der Waals surface area contributed by atoms with Crippen molar-refractivity contribution < 1.29 is 9.53 Å². The Morgan fingerprint density at radius 2 is 2.50 bits per heavy atom. The van der Waals surface area contributed by atoms with E-state index in [9.17, 15) is 4.79 Å². The van der Waals surface area contributed by atoms with E-state index in [1.165, 1.54) is 0 Å². The third-order valence-electron chi connectivity index (χ3n) is 3.09. The van der Waals surface area contributed by atoms with Crippen LogP contribution in [0.4, 0.5) is 0 Å². The third kappa shape index (κ3) is 2.32. The molecule has 0 amide bonds. The van der Waals surface area contributed by atoms with Crippen LogP contribution in [0.3, 0.4) is 0 Å². The Morgan fingerprint density at radius 3 is 3.06 bits per heavy atom. The van der Waals surface area contributed by atoms with Gasteiger partial charge in [-0.1, -0.05) is 6.92 Å². The maximum Gasteiger partial charge on any atom is 0.166 e. The fourth-order valence-corrected chi connectivity index (χ4v) is 2.08. The number of carbonyl (C=O) groups excluding carboxylic acids is 1. The standard InChI is InChI=1S/C12H18N2O2/c1-3-14-8-10(7-13-14)6-11(15)12-9(2)4-5-16-12/h7-9,12H,3-6H2,1-2H3. The molecule has 0 radical (unpaired) electrons. The highest BCUT2D eigenvalue weighted by Gasteiger charge is 2.30. The van der Waals surface area contributed by atoms with Crippen molar-refractivity contribution in [2.24, 2.45) is 5.92 Å². The van der Waals surface area contributed by atoms with Gasteiger partial charge in [0.1, 0.15) is 6.10 Å². The molecule has 1 aliphatic heterocycles. The summed E-state index contributed by atoms with van der Waals surface area (Å²) in [5.41, 5.74) is 0.981. The van der Waals surface area contributed by atoms with Gasteiger partial charge in [0.15, 0.2) is 5.78 Å². The van der Waals surface area contributed by atoms with Gasteiger partial charge >= 0.3 is 0 Å². The zero-order valence-corrected chi connectivity index (χ0v) is 9.85. The summed E-state index contributed by atoms with van der Waals surface area (Å²) in [7, 11) is 0. The summed E-state index contributed by atoms with van der Waals surface area (Å²) in [6.45, 7) is 5.65. The number of ketones is 1. The molecule has 2 rings (SSSR count). The molecular formula is C12H18N2O2. The number of carbonyl (C=O) groups is 1. The van der Waals surface area contributed by atoms with Crippen molar-refractivity contribution in [1.82, 2.24) is 9.78 Å². The number of hydrogen-bond donors (Lipinski definition) is 0. The van der Waals surface area contributed by atoms with Crippen molar-refractivity contribution in [2.75, 3.05) is 6.61 Å². The molecule has 0 aliphatic carbocycles. The van der Waals surface area contributed by atoms with Crippen LogP contribution in [-0.4, -0.2) is 28.3 Å². The average Bonchev–Trinajstić information content (AvgIpc) is 2.86. The topological polar surface area (TPSA) is 44.1 Å². The Hall–Kier alpha value is -1.16. The monoisotopic (exact) mass is 222 g/mol. The third-order valence-corrected chi connectivity index (χ3v) is 3.09. The molecule has 16 heavy (non-hydrogen) atoms. The van der Waals surface area contributed by atoms with Gasteiger partial charge in [0.05, 0.1) is 6.20 Å². The van der Waals surface area contributed by atoms with Gasteiger partial charge in [-0.2, -0.15) is 5.10 Å². The van der Waals surface area contributed by atoms with E-state index in [1.807, 2.05) is 17.8 Å². The van der Waals surface area contributed by atoms with E-state index in [2.05, 4.69) is 12.0 Å². The van der Waals surface area contributed by atoms with Gasteiger partial charge in [-0.25, -0.2) is 0 Å². The number of rotatable bonds is 4. The molecule has 2 heterocycles. The molecular weight excluding hydrogens is 204 g/mol. The second-order valence-electron chi connectivity index (χ2n) is 4.40. The summed E-state index contributed by atoms with van der Waals surface area (Å²) < 4.78 is 7.29. The smallest absolute Gasteiger partial charge is 0.166 e. The molecule has 0 aromatic carbocycles. The lowest BCUT2D eigenvalue weighted by molar-refractivity contribution is -0.128. The minimum absolute atomic E-state index is 0.181. The molecule has 1 aliphatic rings. The van der Waals surface area contributed by atoms with Crippen LogP contribution in [0.15, 0.2) is 12.4 Å². The van der Waals surface area contributed by atoms with Crippen molar-refractivity contribution in [2.45, 2.75) is 39.3 Å².